The second-order valence-corrected chi connectivity index (χ2v) is 4.93. The number of aliphatic hydroxyl groups is 2. The van der Waals surface area contributed by atoms with Crippen molar-refractivity contribution in [3.63, 3.8) is 0 Å². The molecule has 4 nitrogen and oxygen atoms in total. The van der Waals surface area contributed by atoms with Crippen molar-refractivity contribution >= 4 is 10.8 Å². The van der Waals surface area contributed by atoms with Crippen LogP contribution in [0, 0.1) is 0 Å². The average Bonchev–Trinajstić information content (AvgIpc) is 2.43. The van der Waals surface area contributed by atoms with Crippen LogP contribution in [-0.4, -0.2) is 35.6 Å². The SMILES string of the molecule is CC(O)COc1ccc(OCC(C)O)c2ccccc12. The van der Waals surface area contributed by atoms with E-state index in [0.29, 0.717) is 11.5 Å². The van der Waals surface area contributed by atoms with E-state index >= 15 is 0 Å². The topological polar surface area (TPSA) is 58.9 Å². The van der Waals surface area contributed by atoms with Gasteiger partial charge in [0, 0.05) is 10.8 Å². The summed E-state index contributed by atoms with van der Waals surface area (Å²) < 4.78 is 11.2. The first kappa shape index (κ1) is 14.6. The molecule has 0 spiro atoms. The summed E-state index contributed by atoms with van der Waals surface area (Å²) in [7, 11) is 0. The first-order chi connectivity index (χ1) is 9.58. The third-order valence-electron chi connectivity index (χ3n) is 2.80. The second-order valence-electron chi connectivity index (χ2n) is 4.93. The van der Waals surface area contributed by atoms with E-state index in [1.54, 1.807) is 13.8 Å². The highest BCUT2D eigenvalue weighted by Gasteiger charge is 2.09. The zero-order valence-electron chi connectivity index (χ0n) is 11.7. The number of ether oxygens (including phenoxy) is 2. The van der Waals surface area contributed by atoms with Crippen molar-refractivity contribution in [3.05, 3.63) is 36.4 Å². The van der Waals surface area contributed by atoms with Crippen molar-refractivity contribution in [1.29, 1.82) is 0 Å². The largest absolute Gasteiger partial charge is 0.490 e. The molecule has 0 heterocycles. The highest BCUT2D eigenvalue weighted by atomic mass is 16.5. The van der Waals surface area contributed by atoms with Gasteiger partial charge in [0.1, 0.15) is 24.7 Å². The van der Waals surface area contributed by atoms with E-state index in [-0.39, 0.29) is 13.2 Å². The van der Waals surface area contributed by atoms with E-state index < -0.39 is 12.2 Å². The van der Waals surface area contributed by atoms with Crippen molar-refractivity contribution in [2.24, 2.45) is 0 Å². The van der Waals surface area contributed by atoms with Crippen LogP contribution in [0.4, 0.5) is 0 Å². The lowest BCUT2D eigenvalue weighted by atomic mass is 10.1. The van der Waals surface area contributed by atoms with Gasteiger partial charge in [-0.05, 0) is 26.0 Å². The summed E-state index contributed by atoms with van der Waals surface area (Å²) in [5.41, 5.74) is 0. The number of hydrogen-bond acceptors (Lipinski definition) is 4. The summed E-state index contributed by atoms with van der Waals surface area (Å²) in [4.78, 5) is 0. The number of hydrogen-bond donors (Lipinski definition) is 2. The Morgan fingerprint density at radius 3 is 1.55 bits per heavy atom. The van der Waals surface area contributed by atoms with Crippen molar-refractivity contribution in [3.8, 4) is 11.5 Å². The molecule has 2 atom stereocenters. The number of benzene rings is 2. The quantitative estimate of drug-likeness (QED) is 0.850. The molecule has 0 fully saturated rings. The van der Waals surface area contributed by atoms with E-state index in [9.17, 15) is 10.2 Å². The summed E-state index contributed by atoms with van der Waals surface area (Å²) in [5, 5.41) is 20.5. The van der Waals surface area contributed by atoms with Crippen LogP contribution in [-0.2, 0) is 0 Å². The van der Waals surface area contributed by atoms with Gasteiger partial charge in [0.05, 0.1) is 12.2 Å². The molecule has 20 heavy (non-hydrogen) atoms. The molecule has 108 valence electrons. The van der Waals surface area contributed by atoms with Gasteiger partial charge in [-0.1, -0.05) is 24.3 Å². The molecule has 0 aliphatic carbocycles. The molecule has 0 saturated carbocycles. The molecule has 2 N–H and O–H groups in total. The molecular weight excluding hydrogens is 256 g/mol. The zero-order valence-corrected chi connectivity index (χ0v) is 11.7. The standard InChI is InChI=1S/C16H20O4/c1-11(17)9-19-15-7-8-16(20-10-12(2)18)14-6-4-3-5-13(14)15/h3-8,11-12,17-18H,9-10H2,1-2H3. The molecule has 0 bridgehead atoms. The fourth-order valence-electron chi connectivity index (χ4n) is 1.92. The average molecular weight is 276 g/mol. The van der Waals surface area contributed by atoms with Crippen molar-refractivity contribution in [1.82, 2.24) is 0 Å². The molecule has 2 aromatic carbocycles. The van der Waals surface area contributed by atoms with E-state index in [0.717, 1.165) is 10.8 Å². The van der Waals surface area contributed by atoms with Crippen LogP contribution in [0.1, 0.15) is 13.8 Å². The number of rotatable bonds is 6. The van der Waals surface area contributed by atoms with Gasteiger partial charge in [-0.25, -0.2) is 0 Å². The van der Waals surface area contributed by atoms with Gasteiger partial charge in [0.25, 0.3) is 0 Å². The lowest BCUT2D eigenvalue weighted by molar-refractivity contribution is 0.122. The molecule has 2 unspecified atom stereocenters. The van der Waals surface area contributed by atoms with E-state index in [4.69, 9.17) is 9.47 Å². The Kier molecular flexibility index (Phi) is 4.82. The maximum absolute atomic E-state index is 9.31. The van der Waals surface area contributed by atoms with Crippen LogP contribution >= 0.6 is 0 Å². The van der Waals surface area contributed by atoms with Crippen LogP contribution in [0.2, 0.25) is 0 Å². The van der Waals surface area contributed by atoms with Crippen LogP contribution in [0.3, 0.4) is 0 Å². The Bertz CT molecular complexity index is 513. The summed E-state index contributed by atoms with van der Waals surface area (Å²) in [6.07, 6.45) is -1.03. The molecule has 0 aliphatic heterocycles. The van der Waals surface area contributed by atoms with Crippen LogP contribution in [0.15, 0.2) is 36.4 Å². The minimum atomic E-state index is -0.514. The molecular formula is C16H20O4. The maximum atomic E-state index is 9.31. The Labute approximate surface area is 118 Å². The zero-order chi connectivity index (χ0) is 14.5. The van der Waals surface area contributed by atoms with Crippen molar-refractivity contribution < 1.29 is 19.7 Å². The third-order valence-corrected chi connectivity index (χ3v) is 2.80. The maximum Gasteiger partial charge on any atom is 0.127 e. The normalized spacial score (nSPS) is 14.0. The highest BCUT2D eigenvalue weighted by Crippen LogP contribution is 2.33. The van der Waals surface area contributed by atoms with Crippen LogP contribution in [0.25, 0.3) is 10.8 Å². The molecule has 2 aromatic rings. The van der Waals surface area contributed by atoms with E-state index in [1.165, 1.54) is 0 Å². The van der Waals surface area contributed by atoms with Gasteiger partial charge in [0.2, 0.25) is 0 Å². The monoisotopic (exact) mass is 276 g/mol. The molecule has 0 aromatic heterocycles. The number of aliphatic hydroxyl groups excluding tert-OH is 2. The predicted octanol–water partition coefficient (Wildman–Crippen LogP) is 2.36. The Morgan fingerprint density at radius 2 is 1.20 bits per heavy atom. The van der Waals surface area contributed by atoms with Gasteiger partial charge in [0.15, 0.2) is 0 Å². The Hall–Kier alpha value is -1.78. The van der Waals surface area contributed by atoms with E-state index in [2.05, 4.69) is 0 Å². The summed E-state index contributed by atoms with van der Waals surface area (Å²) in [5.74, 6) is 1.43. The minimum absolute atomic E-state index is 0.248. The summed E-state index contributed by atoms with van der Waals surface area (Å²) in [6.45, 7) is 3.86. The molecule has 0 amide bonds. The first-order valence-electron chi connectivity index (χ1n) is 6.71. The van der Waals surface area contributed by atoms with Gasteiger partial charge in [-0.3, -0.25) is 0 Å². The summed E-state index contributed by atoms with van der Waals surface area (Å²) in [6, 6.07) is 11.4. The highest BCUT2D eigenvalue weighted by molar-refractivity contribution is 5.93. The lowest BCUT2D eigenvalue weighted by Gasteiger charge is -2.15. The van der Waals surface area contributed by atoms with Gasteiger partial charge in [-0.15, -0.1) is 0 Å². The fraction of sp³-hybridized carbons (Fsp3) is 0.375. The van der Waals surface area contributed by atoms with Gasteiger partial charge >= 0.3 is 0 Å². The molecule has 0 aliphatic rings. The van der Waals surface area contributed by atoms with Gasteiger partial charge in [-0.2, -0.15) is 0 Å². The Morgan fingerprint density at radius 1 is 0.800 bits per heavy atom. The predicted molar refractivity (Wildman–Crippen MR) is 78.3 cm³/mol. The first-order valence-corrected chi connectivity index (χ1v) is 6.71. The van der Waals surface area contributed by atoms with Gasteiger partial charge < -0.3 is 19.7 Å². The van der Waals surface area contributed by atoms with Crippen LogP contribution in [0.5, 0.6) is 11.5 Å². The van der Waals surface area contributed by atoms with Crippen molar-refractivity contribution in [2.45, 2.75) is 26.1 Å². The lowest BCUT2D eigenvalue weighted by Crippen LogP contribution is -2.14. The molecule has 0 saturated heterocycles. The smallest absolute Gasteiger partial charge is 0.127 e. The molecule has 4 heteroatoms. The molecule has 2 rings (SSSR count). The molecule has 0 radical (unpaired) electrons. The third kappa shape index (κ3) is 3.62. The Balaban J connectivity index is 2.31. The minimum Gasteiger partial charge on any atom is -0.490 e. The second kappa shape index (κ2) is 6.59. The number of fused-ring (bicyclic) bond motifs is 1. The summed E-state index contributed by atoms with van der Waals surface area (Å²) >= 11 is 0. The van der Waals surface area contributed by atoms with Crippen LogP contribution < -0.4 is 9.47 Å². The van der Waals surface area contributed by atoms with Crippen molar-refractivity contribution in [2.75, 3.05) is 13.2 Å². The van der Waals surface area contributed by atoms with E-state index in [1.807, 2.05) is 36.4 Å². The fourth-order valence-corrected chi connectivity index (χ4v) is 1.92.